The molecule has 0 saturated carbocycles. The van der Waals surface area contributed by atoms with E-state index in [0.717, 1.165) is 6.21 Å². The lowest BCUT2D eigenvalue weighted by atomic mass is 10.1. The topological polar surface area (TPSA) is 84.9 Å². The van der Waals surface area contributed by atoms with Gasteiger partial charge in [-0.2, -0.15) is 0 Å². The molecule has 12 heavy (non-hydrogen) atoms. The molecule has 0 unspecified atom stereocenters. The number of carbonyl (C=O) groups excluding carboxylic acids is 1. The van der Waals surface area contributed by atoms with Crippen molar-refractivity contribution < 1.29 is 14.7 Å². The van der Waals surface area contributed by atoms with E-state index in [0.29, 0.717) is 12.3 Å². The minimum atomic E-state index is -0.861. The standard InChI is InChI=1S/C7H14N2O3/c1-5(2)3-6(4-9-11)12-7(8)10/h4-6,11H,3H2,1-2H3,(H2,8,10)/t6-/m0/s1. The summed E-state index contributed by atoms with van der Waals surface area (Å²) in [6.07, 6.45) is 0.339. The zero-order valence-corrected chi connectivity index (χ0v) is 7.23. The van der Waals surface area contributed by atoms with E-state index in [2.05, 4.69) is 9.89 Å². The van der Waals surface area contributed by atoms with E-state index in [-0.39, 0.29) is 0 Å². The minimum absolute atomic E-state index is 0.340. The highest BCUT2D eigenvalue weighted by Crippen LogP contribution is 2.06. The Morgan fingerprint density at radius 3 is 2.67 bits per heavy atom. The number of oxime groups is 1. The predicted molar refractivity (Wildman–Crippen MR) is 44.2 cm³/mol. The highest BCUT2D eigenvalue weighted by atomic mass is 16.6. The third-order valence-electron chi connectivity index (χ3n) is 1.20. The number of rotatable bonds is 4. The monoisotopic (exact) mass is 174 g/mol. The smallest absolute Gasteiger partial charge is 0.405 e. The molecule has 0 aromatic carbocycles. The summed E-state index contributed by atoms with van der Waals surface area (Å²) in [4.78, 5) is 10.3. The molecule has 0 fully saturated rings. The molecule has 3 N–H and O–H groups in total. The van der Waals surface area contributed by atoms with Gasteiger partial charge in [0.05, 0.1) is 6.21 Å². The number of amides is 1. The average molecular weight is 174 g/mol. The molecule has 1 atom stereocenters. The lowest BCUT2D eigenvalue weighted by Gasteiger charge is -2.12. The molecule has 0 aliphatic heterocycles. The van der Waals surface area contributed by atoms with E-state index < -0.39 is 12.2 Å². The van der Waals surface area contributed by atoms with Crippen LogP contribution in [0.4, 0.5) is 4.79 Å². The fourth-order valence-electron chi connectivity index (χ4n) is 0.828. The molecular formula is C7H14N2O3. The minimum Gasteiger partial charge on any atom is -0.440 e. The Bertz CT molecular complexity index is 168. The maximum Gasteiger partial charge on any atom is 0.405 e. The van der Waals surface area contributed by atoms with E-state index in [4.69, 9.17) is 10.9 Å². The number of ether oxygens (including phenoxy) is 1. The zero-order chi connectivity index (χ0) is 9.56. The lowest BCUT2D eigenvalue weighted by molar-refractivity contribution is 0.127. The Morgan fingerprint density at radius 1 is 1.75 bits per heavy atom. The number of nitrogens with two attached hydrogens (primary N) is 1. The molecular weight excluding hydrogens is 160 g/mol. The van der Waals surface area contributed by atoms with Gasteiger partial charge in [0.1, 0.15) is 6.10 Å². The molecule has 0 saturated heterocycles. The van der Waals surface area contributed by atoms with E-state index >= 15 is 0 Å². The second kappa shape index (κ2) is 5.40. The number of hydrogen-bond donors (Lipinski definition) is 2. The van der Waals surface area contributed by atoms with E-state index in [9.17, 15) is 4.79 Å². The van der Waals surface area contributed by atoms with Crippen LogP contribution in [0.2, 0.25) is 0 Å². The molecule has 0 aromatic rings. The van der Waals surface area contributed by atoms with Gasteiger partial charge in [0.15, 0.2) is 0 Å². The van der Waals surface area contributed by atoms with Crippen LogP contribution in [0, 0.1) is 5.92 Å². The van der Waals surface area contributed by atoms with Gasteiger partial charge < -0.3 is 15.7 Å². The average Bonchev–Trinajstić information content (AvgIpc) is 1.84. The molecule has 0 heterocycles. The summed E-state index contributed by atoms with van der Waals surface area (Å²) in [6, 6.07) is 0. The van der Waals surface area contributed by atoms with Gasteiger partial charge in [-0.15, -0.1) is 0 Å². The largest absolute Gasteiger partial charge is 0.440 e. The summed E-state index contributed by atoms with van der Waals surface area (Å²) in [5, 5.41) is 11.0. The first-order valence-corrected chi connectivity index (χ1v) is 3.70. The van der Waals surface area contributed by atoms with Crippen molar-refractivity contribution in [3.05, 3.63) is 0 Å². The van der Waals surface area contributed by atoms with Crippen LogP contribution in [0.5, 0.6) is 0 Å². The molecule has 0 spiro atoms. The summed E-state index contributed by atoms with van der Waals surface area (Å²) >= 11 is 0. The number of hydrogen-bond acceptors (Lipinski definition) is 4. The Labute approximate surface area is 71.2 Å². The summed E-state index contributed by atoms with van der Waals surface area (Å²) in [5.74, 6) is 0.340. The second-order valence-corrected chi connectivity index (χ2v) is 2.87. The summed E-state index contributed by atoms with van der Waals surface area (Å²) < 4.78 is 4.63. The normalized spacial score (nSPS) is 13.6. The van der Waals surface area contributed by atoms with Gasteiger partial charge in [0.25, 0.3) is 0 Å². The Hall–Kier alpha value is -1.26. The first-order valence-electron chi connectivity index (χ1n) is 3.70. The Morgan fingerprint density at radius 2 is 2.33 bits per heavy atom. The van der Waals surface area contributed by atoms with Crippen molar-refractivity contribution in [1.82, 2.24) is 0 Å². The van der Waals surface area contributed by atoms with E-state index in [1.807, 2.05) is 13.8 Å². The van der Waals surface area contributed by atoms with Crippen molar-refractivity contribution in [3.63, 3.8) is 0 Å². The van der Waals surface area contributed by atoms with Gasteiger partial charge in [0, 0.05) is 0 Å². The molecule has 0 aromatic heterocycles. The highest BCUT2D eigenvalue weighted by molar-refractivity contribution is 5.70. The molecule has 0 radical (unpaired) electrons. The Balaban J connectivity index is 3.95. The van der Waals surface area contributed by atoms with E-state index in [1.54, 1.807) is 0 Å². The number of nitrogens with zero attached hydrogens (tertiary/aromatic N) is 1. The molecule has 0 aliphatic carbocycles. The predicted octanol–water partition coefficient (Wildman–Crippen LogP) is 0.956. The molecule has 0 rings (SSSR count). The third-order valence-corrected chi connectivity index (χ3v) is 1.20. The third kappa shape index (κ3) is 5.52. The Kier molecular flexibility index (Phi) is 4.83. The van der Waals surface area contributed by atoms with Gasteiger partial charge in [-0.1, -0.05) is 19.0 Å². The second-order valence-electron chi connectivity index (χ2n) is 2.87. The molecule has 1 amide bonds. The maximum atomic E-state index is 10.3. The molecule has 70 valence electrons. The summed E-state index contributed by atoms with van der Waals surface area (Å²) in [5.41, 5.74) is 4.79. The quantitative estimate of drug-likeness (QED) is 0.378. The lowest BCUT2D eigenvalue weighted by Crippen LogP contribution is -2.25. The fourth-order valence-corrected chi connectivity index (χ4v) is 0.828. The molecule has 0 aliphatic rings. The van der Waals surface area contributed by atoms with Gasteiger partial charge >= 0.3 is 6.09 Å². The van der Waals surface area contributed by atoms with Crippen LogP contribution in [-0.4, -0.2) is 23.6 Å². The van der Waals surface area contributed by atoms with Crippen LogP contribution in [0.3, 0.4) is 0 Å². The van der Waals surface area contributed by atoms with Crippen molar-refractivity contribution in [1.29, 1.82) is 0 Å². The van der Waals surface area contributed by atoms with E-state index in [1.165, 1.54) is 0 Å². The van der Waals surface area contributed by atoms with Crippen molar-refractivity contribution in [2.45, 2.75) is 26.4 Å². The van der Waals surface area contributed by atoms with Gasteiger partial charge in [-0.05, 0) is 12.3 Å². The SMILES string of the molecule is CC(C)C[C@@H](C=NO)OC(N)=O. The molecule has 0 bridgehead atoms. The number of primary amides is 1. The van der Waals surface area contributed by atoms with Crippen molar-refractivity contribution >= 4 is 12.3 Å². The van der Waals surface area contributed by atoms with Crippen LogP contribution in [0.15, 0.2) is 5.16 Å². The van der Waals surface area contributed by atoms with Crippen LogP contribution in [-0.2, 0) is 4.74 Å². The van der Waals surface area contributed by atoms with Crippen molar-refractivity contribution in [3.8, 4) is 0 Å². The molecule has 5 nitrogen and oxygen atoms in total. The van der Waals surface area contributed by atoms with Crippen LogP contribution in [0.1, 0.15) is 20.3 Å². The van der Waals surface area contributed by atoms with Gasteiger partial charge in [-0.3, -0.25) is 0 Å². The van der Waals surface area contributed by atoms with Crippen molar-refractivity contribution in [2.75, 3.05) is 0 Å². The van der Waals surface area contributed by atoms with Crippen LogP contribution >= 0.6 is 0 Å². The fraction of sp³-hybridized carbons (Fsp3) is 0.714. The van der Waals surface area contributed by atoms with Crippen LogP contribution < -0.4 is 5.73 Å². The highest BCUT2D eigenvalue weighted by Gasteiger charge is 2.11. The summed E-state index contributed by atoms with van der Waals surface area (Å²) in [6.45, 7) is 3.92. The van der Waals surface area contributed by atoms with Crippen molar-refractivity contribution in [2.24, 2.45) is 16.8 Å². The first-order chi connectivity index (χ1) is 5.56. The van der Waals surface area contributed by atoms with Gasteiger partial charge in [0.2, 0.25) is 0 Å². The molecule has 5 heteroatoms. The van der Waals surface area contributed by atoms with Crippen LogP contribution in [0.25, 0.3) is 0 Å². The summed E-state index contributed by atoms with van der Waals surface area (Å²) in [7, 11) is 0. The van der Waals surface area contributed by atoms with Gasteiger partial charge in [-0.25, -0.2) is 4.79 Å². The zero-order valence-electron chi connectivity index (χ0n) is 7.23. The maximum absolute atomic E-state index is 10.3. The first kappa shape index (κ1) is 10.7. The number of carbonyl (C=O) groups is 1.